The van der Waals surface area contributed by atoms with Gasteiger partial charge >= 0.3 is 0 Å². The molecule has 0 radical (unpaired) electrons. The first-order valence-corrected chi connectivity index (χ1v) is 8.52. The molecule has 0 unspecified atom stereocenters. The average Bonchev–Trinajstić information content (AvgIpc) is 2.62. The van der Waals surface area contributed by atoms with Crippen molar-refractivity contribution in [3.05, 3.63) is 80.6 Å². The van der Waals surface area contributed by atoms with Crippen molar-refractivity contribution in [1.29, 1.82) is 5.26 Å². The van der Waals surface area contributed by atoms with E-state index >= 15 is 0 Å². The fourth-order valence-corrected chi connectivity index (χ4v) is 3.37. The van der Waals surface area contributed by atoms with Crippen LogP contribution in [0.25, 0.3) is 21.7 Å². The molecule has 0 saturated carbocycles. The number of rotatable bonds is 2. The van der Waals surface area contributed by atoms with Gasteiger partial charge in [-0.05, 0) is 53.2 Å². The predicted octanol–water partition coefficient (Wildman–Crippen LogP) is 5.60. The summed E-state index contributed by atoms with van der Waals surface area (Å²) >= 11 is 12.2. The summed E-state index contributed by atoms with van der Waals surface area (Å²) in [5, 5.41) is 16.3. The molecular weight excluding hydrogens is 369 g/mol. The van der Waals surface area contributed by atoms with Gasteiger partial charge in [-0.1, -0.05) is 29.3 Å². The van der Waals surface area contributed by atoms with Crippen LogP contribution in [-0.4, -0.2) is 4.98 Å². The summed E-state index contributed by atoms with van der Waals surface area (Å²) in [5.41, 5.74) is 2.49. The molecule has 1 heterocycles. The van der Waals surface area contributed by atoms with Gasteiger partial charge < -0.3 is 10.3 Å². The number of hydrogen-bond acceptors (Lipinski definition) is 3. The predicted molar refractivity (Wildman–Crippen MR) is 107 cm³/mol. The van der Waals surface area contributed by atoms with E-state index in [2.05, 4.69) is 16.4 Å². The minimum absolute atomic E-state index is 0.0446. The summed E-state index contributed by atoms with van der Waals surface area (Å²) in [6.07, 6.45) is 1.63. The summed E-state index contributed by atoms with van der Waals surface area (Å²) in [4.78, 5) is 14.7. The van der Waals surface area contributed by atoms with E-state index in [1.165, 1.54) is 6.07 Å². The van der Waals surface area contributed by atoms with Crippen molar-refractivity contribution >= 4 is 56.3 Å². The summed E-state index contributed by atoms with van der Waals surface area (Å²) in [5.74, 6) is 0. The van der Waals surface area contributed by atoms with Crippen molar-refractivity contribution in [3.8, 4) is 6.07 Å². The monoisotopic (exact) mass is 379 g/mol. The third kappa shape index (κ3) is 2.88. The van der Waals surface area contributed by atoms with Crippen LogP contribution < -0.4 is 10.7 Å². The molecule has 6 heteroatoms. The Morgan fingerprint density at radius 2 is 1.85 bits per heavy atom. The summed E-state index contributed by atoms with van der Waals surface area (Å²) in [6, 6.07) is 16.0. The van der Waals surface area contributed by atoms with Crippen LogP contribution in [0.15, 0.2) is 59.5 Å². The molecule has 0 aliphatic heterocycles. The first-order valence-electron chi connectivity index (χ1n) is 7.76. The lowest BCUT2D eigenvalue weighted by Crippen LogP contribution is -1.99. The highest BCUT2D eigenvalue weighted by molar-refractivity contribution is 6.36. The van der Waals surface area contributed by atoms with Gasteiger partial charge in [0.25, 0.3) is 0 Å². The number of H-pyrrole nitrogens is 1. The third-order valence-corrected chi connectivity index (χ3v) is 4.72. The normalized spacial score (nSPS) is 10.8. The highest BCUT2D eigenvalue weighted by Gasteiger charge is 2.12. The van der Waals surface area contributed by atoms with Gasteiger partial charge in [0.2, 0.25) is 0 Å². The van der Waals surface area contributed by atoms with Crippen LogP contribution >= 0.6 is 23.2 Å². The zero-order chi connectivity index (χ0) is 18.3. The molecule has 4 rings (SSSR count). The second kappa shape index (κ2) is 6.38. The Kier molecular flexibility index (Phi) is 4.04. The second-order valence-electron chi connectivity index (χ2n) is 5.85. The molecule has 2 N–H and O–H groups in total. The third-order valence-electron chi connectivity index (χ3n) is 4.17. The average molecular weight is 380 g/mol. The van der Waals surface area contributed by atoms with Gasteiger partial charge in [0.15, 0.2) is 5.43 Å². The molecule has 26 heavy (non-hydrogen) atoms. The van der Waals surface area contributed by atoms with Crippen LogP contribution in [0.1, 0.15) is 5.56 Å². The number of nitrogens with one attached hydrogen (secondary N) is 2. The summed E-state index contributed by atoms with van der Waals surface area (Å²) < 4.78 is 0. The molecule has 0 atom stereocenters. The largest absolute Gasteiger partial charge is 0.360 e. The molecule has 4 aromatic rings. The highest BCUT2D eigenvalue weighted by atomic mass is 35.5. The fourth-order valence-electron chi connectivity index (χ4n) is 2.92. The molecule has 0 aliphatic rings. The lowest BCUT2D eigenvalue weighted by atomic mass is 10.0. The van der Waals surface area contributed by atoms with Gasteiger partial charge in [0, 0.05) is 22.1 Å². The zero-order valence-electron chi connectivity index (χ0n) is 13.3. The number of benzene rings is 3. The molecule has 0 amide bonds. The van der Waals surface area contributed by atoms with E-state index in [4.69, 9.17) is 23.2 Å². The Morgan fingerprint density at radius 1 is 1.00 bits per heavy atom. The summed E-state index contributed by atoms with van der Waals surface area (Å²) in [7, 11) is 0. The number of hydrogen-bond donors (Lipinski definition) is 2. The van der Waals surface area contributed by atoms with Gasteiger partial charge in [0.1, 0.15) is 6.07 Å². The number of aromatic amines is 1. The van der Waals surface area contributed by atoms with E-state index in [1.807, 2.05) is 12.1 Å². The van der Waals surface area contributed by atoms with Gasteiger partial charge in [-0.3, -0.25) is 4.79 Å². The maximum atomic E-state index is 11.6. The van der Waals surface area contributed by atoms with Gasteiger partial charge in [-0.2, -0.15) is 5.26 Å². The lowest BCUT2D eigenvalue weighted by molar-refractivity contribution is 1.37. The maximum Gasteiger partial charge on any atom is 0.179 e. The van der Waals surface area contributed by atoms with Crippen molar-refractivity contribution in [2.75, 3.05) is 5.32 Å². The smallest absolute Gasteiger partial charge is 0.179 e. The number of halogens is 2. The molecule has 0 saturated heterocycles. The molecular formula is C20H11Cl2N3O. The quantitative estimate of drug-likeness (QED) is 0.445. The SMILES string of the molecule is N#Cc1c[nH]c2cc3cc(=O)ccc3cc2c1Nc1ccc(Cl)cc1Cl. The molecule has 4 nitrogen and oxygen atoms in total. The van der Waals surface area contributed by atoms with E-state index in [1.54, 1.807) is 36.5 Å². The summed E-state index contributed by atoms with van der Waals surface area (Å²) in [6.45, 7) is 0. The van der Waals surface area contributed by atoms with Crippen LogP contribution in [0.3, 0.4) is 0 Å². The van der Waals surface area contributed by atoms with Crippen molar-refractivity contribution in [2.24, 2.45) is 0 Å². The van der Waals surface area contributed by atoms with Crippen molar-refractivity contribution in [2.45, 2.75) is 0 Å². The number of aromatic nitrogens is 1. The molecule has 1 aromatic heterocycles. The Labute approximate surface area is 158 Å². The number of nitriles is 1. The number of fused-ring (bicyclic) bond motifs is 2. The van der Waals surface area contributed by atoms with Crippen LogP contribution in [0, 0.1) is 11.3 Å². The fraction of sp³-hybridized carbons (Fsp3) is 0. The van der Waals surface area contributed by atoms with Gasteiger partial charge in [-0.25, -0.2) is 0 Å². The number of pyridine rings is 1. The zero-order valence-corrected chi connectivity index (χ0v) is 14.8. The van der Waals surface area contributed by atoms with Crippen molar-refractivity contribution in [3.63, 3.8) is 0 Å². The first kappa shape index (κ1) is 16.5. The van der Waals surface area contributed by atoms with Gasteiger partial charge in [-0.15, -0.1) is 0 Å². The molecule has 0 fully saturated rings. The minimum Gasteiger partial charge on any atom is -0.360 e. The van der Waals surface area contributed by atoms with Crippen LogP contribution in [0.2, 0.25) is 10.0 Å². The molecule has 126 valence electrons. The van der Waals surface area contributed by atoms with E-state index < -0.39 is 0 Å². The standard InChI is InChI=1S/C20H11Cl2N3O/c21-14-2-4-18(17(22)8-14)25-20-13(9-23)10-24-19-7-12-5-15(26)3-1-11(12)6-16(19)20/h1-8,10,24-25H. The lowest BCUT2D eigenvalue weighted by Gasteiger charge is -2.14. The molecule has 0 spiro atoms. The highest BCUT2D eigenvalue weighted by Crippen LogP contribution is 2.34. The van der Waals surface area contributed by atoms with Crippen molar-refractivity contribution < 1.29 is 0 Å². The first-order chi connectivity index (χ1) is 12.5. The Hall–Kier alpha value is -3.00. The topological polar surface area (TPSA) is 68.7 Å². The minimum atomic E-state index is -0.0446. The van der Waals surface area contributed by atoms with E-state index in [0.717, 1.165) is 21.7 Å². The number of nitrogens with zero attached hydrogens (tertiary/aromatic N) is 1. The number of anilines is 2. The Bertz CT molecular complexity index is 1270. The van der Waals surface area contributed by atoms with Crippen LogP contribution in [0.4, 0.5) is 11.4 Å². The second-order valence-corrected chi connectivity index (χ2v) is 6.69. The van der Waals surface area contributed by atoms with Crippen LogP contribution in [-0.2, 0) is 0 Å². The van der Waals surface area contributed by atoms with Gasteiger partial charge in [0.05, 0.1) is 22.0 Å². The molecule has 3 aromatic carbocycles. The van der Waals surface area contributed by atoms with E-state index in [-0.39, 0.29) is 5.43 Å². The van der Waals surface area contributed by atoms with Crippen molar-refractivity contribution in [1.82, 2.24) is 4.98 Å². The van der Waals surface area contributed by atoms with E-state index in [9.17, 15) is 10.1 Å². The Balaban J connectivity index is 1.97. The molecule has 0 bridgehead atoms. The van der Waals surface area contributed by atoms with E-state index in [0.29, 0.717) is 27.0 Å². The maximum absolute atomic E-state index is 11.6. The van der Waals surface area contributed by atoms with Crippen LogP contribution in [0.5, 0.6) is 0 Å². The molecule has 0 aliphatic carbocycles. The Morgan fingerprint density at radius 3 is 2.62 bits per heavy atom.